The molecule has 2 N–H and O–H groups in total. The van der Waals surface area contributed by atoms with Crippen LogP contribution in [0.3, 0.4) is 0 Å². The number of halogens is 4. The van der Waals surface area contributed by atoms with Crippen molar-refractivity contribution in [2.75, 3.05) is 17.6 Å². The van der Waals surface area contributed by atoms with Gasteiger partial charge in [0.25, 0.3) is 5.91 Å². The number of carbonyl (C=O) groups is 2. The Labute approximate surface area is 151 Å². The fourth-order valence-corrected chi connectivity index (χ4v) is 2.60. The molecule has 0 fully saturated rings. The highest BCUT2D eigenvalue weighted by Gasteiger charge is 2.27. The van der Waals surface area contributed by atoms with E-state index in [1.165, 1.54) is 48.2 Å². The summed E-state index contributed by atoms with van der Waals surface area (Å²) in [5.41, 5.74) is 0.285. The summed E-state index contributed by atoms with van der Waals surface area (Å²) in [7, 11) is 0. The fourth-order valence-electron chi connectivity index (χ4n) is 1.90. The van der Waals surface area contributed by atoms with Crippen molar-refractivity contribution in [2.24, 2.45) is 0 Å². The Morgan fingerprint density at radius 1 is 1.04 bits per heavy atom. The van der Waals surface area contributed by atoms with Crippen LogP contribution >= 0.6 is 11.8 Å². The van der Waals surface area contributed by atoms with Crippen LogP contribution in [-0.2, 0) is 4.79 Å². The third kappa shape index (κ3) is 6.75. The maximum atomic E-state index is 12.8. The minimum atomic E-state index is -4.50. The van der Waals surface area contributed by atoms with E-state index in [2.05, 4.69) is 5.32 Å². The molecule has 0 aliphatic carbocycles. The van der Waals surface area contributed by atoms with Crippen LogP contribution in [0.2, 0.25) is 0 Å². The zero-order valence-corrected chi connectivity index (χ0v) is 14.1. The lowest BCUT2D eigenvalue weighted by atomic mass is 10.2. The van der Waals surface area contributed by atoms with Crippen molar-refractivity contribution in [2.45, 2.75) is 11.1 Å². The number of nitrogens with one attached hydrogen (secondary N) is 2. The minimum Gasteiger partial charge on any atom is -0.343 e. The van der Waals surface area contributed by atoms with Crippen molar-refractivity contribution >= 4 is 29.3 Å². The average Bonchev–Trinajstić information content (AvgIpc) is 2.59. The smallest absolute Gasteiger partial charge is 0.343 e. The van der Waals surface area contributed by atoms with Crippen LogP contribution < -0.4 is 10.6 Å². The van der Waals surface area contributed by atoms with Crippen LogP contribution in [0.5, 0.6) is 0 Å². The van der Waals surface area contributed by atoms with Crippen molar-refractivity contribution in [1.82, 2.24) is 5.32 Å². The summed E-state index contributed by atoms with van der Waals surface area (Å²) in [5, 5.41) is 4.31. The van der Waals surface area contributed by atoms with Gasteiger partial charge in [0, 0.05) is 16.1 Å². The van der Waals surface area contributed by atoms with E-state index in [1.807, 2.05) is 0 Å². The predicted molar refractivity (Wildman–Crippen MR) is 90.6 cm³/mol. The summed E-state index contributed by atoms with van der Waals surface area (Å²) in [6, 6.07) is 11.2. The fraction of sp³-hybridized carbons (Fsp3) is 0.176. The molecule has 2 aromatic rings. The maximum Gasteiger partial charge on any atom is 0.405 e. The first kappa shape index (κ1) is 19.8. The first-order valence-electron chi connectivity index (χ1n) is 7.36. The van der Waals surface area contributed by atoms with E-state index in [-0.39, 0.29) is 28.7 Å². The number of hydrogen-bond acceptors (Lipinski definition) is 3. The second-order valence-electron chi connectivity index (χ2n) is 5.17. The molecular weight excluding hydrogens is 372 g/mol. The summed E-state index contributed by atoms with van der Waals surface area (Å²) < 4.78 is 49.2. The first-order chi connectivity index (χ1) is 12.2. The molecule has 2 amide bonds. The van der Waals surface area contributed by atoms with E-state index in [0.29, 0.717) is 4.90 Å². The van der Waals surface area contributed by atoms with Crippen molar-refractivity contribution in [3.05, 3.63) is 59.9 Å². The number of rotatable bonds is 6. The topological polar surface area (TPSA) is 58.2 Å². The third-order valence-corrected chi connectivity index (χ3v) is 4.05. The normalized spacial score (nSPS) is 11.1. The van der Waals surface area contributed by atoms with E-state index in [9.17, 15) is 27.2 Å². The highest BCUT2D eigenvalue weighted by molar-refractivity contribution is 8.00. The lowest BCUT2D eigenvalue weighted by molar-refractivity contribution is -0.123. The number of amides is 2. The minimum absolute atomic E-state index is 0.00163. The van der Waals surface area contributed by atoms with Gasteiger partial charge in [0.15, 0.2) is 0 Å². The number of benzene rings is 2. The highest BCUT2D eigenvalue weighted by atomic mass is 32.2. The second kappa shape index (κ2) is 8.70. The van der Waals surface area contributed by atoms with Gasteiger partial charge in [-0.2, -0.15) is 13.2 Å². The molecule has 138 valence electrons. The first-order valence-corrected chi connectivity index (χ1v) is 8.35. The summed E-state index contributed by atoms with van der Waals surface area (Å²) >= 11 is 1.19. The lowest BCUT2D eigenvalue weighted by Crippen LogP contribution is -2.33. The third-order valence-electron chi connectivity index (χ3n) is 3.04. The van der Waals surface area contributed by atoms with Gasteiger partial charge in [-0.25, -0.2) is 4.39 Å². The molecule has 0 saturated carbocycles. The second-order valence-corrected chi connectivity index (χ2v) is 6.22. The van der Waals surface area contributed by atoms with Crippen molar-refractivity contribution in [1.29, 1.82) is 0 Å². The van der Waals surface area contributed by atoms with E-state index in [4.69, 9.17) is 0 Å². The van der Waals surface area contributed by atoms with Crippen molar-refractivity contribution < 1.29 is 27.2 Å². The zero-order chi connectivity index (χ0) is 19.2. The molecule has 0 atom stereocenters. The molecule has 2 aromatic carbocycles. The molecule has 0 aliphatic heterocycles. The van der Waals surface area contributed by atoms with Crippen LogP contribution in [0.1, 0.15) is 10.4 Å². The molecule has 0 radical (unpaired) electrons. The molecule has 26 heavy (non-hydrogen) atoms. The quantitative estimate of drug-likeness (QED) is 0.586. The van der Waals surface area contributed by atoms with Crippen LogP contribution in [-0.4, -0.2) is 30.3 Å². The predicted octanol–water partition coefficient (Wildman–Crippen LogP) is 3.85. The zero-order valence-electron chi connectivity index (χ0n) is 13.3. The Morgan fingerprint density at radius 2 is 1.73 bits per heavy atom. The number of carbonyl (C=O) groups excluding carboxylic acids is 2. The number of alkyl halides is 3. The number of thioether (sulfide) groups is 1. The monoisotopic (exact) mass is 386 g/mol. The molecule has 0 unspecified atom stereocenters. The van der Waals surface area contributed by atoms with Crippen molar-refractivity contribution in [3.63, 3.8) is 0 Å². The Morgan fingerprint density at radius 3 is 2.38 bits per heavy atom. The summed E-state index contributed by atoms with van der Waals surface area (Å²) in [6.07, 6.45) is -4.50. The Bertz CT molecular complexity index is 779. The van der Waals surface area contributed by atoms with Gasteiger partial charge in [-0.1, -0.05) is 6.07 Å². The molecule has 2 rings (SSSR count). The molecule has 0 spiro atoms. The molecule has 0 aliphatic rings. The average molecular weight is 386 g/mol. The summed E-state index contributed by atoms with van der Waals surface area (Å²) in [5.74, 6) is -1.58. The van der Waals surface area contributed by atoms with E-state index in [0.717, 1.165) is 0 Å². The Hall–Kier alpha value is -2.55. The van der Waals surface area contributed by atoms with E-state index in [1.54, 1.807) is 17.4 Å². The number of anilines is 1. The molecule has 4 nitrogen and oxygen atoms in total. The Kier molecular flexibility index (Phi) is 6.62. The van der Waals surface area contributed by atoms with Crippen LogP contribution in [0.4, 0.5) is 23.2 Å². The molecular formula is C17H14F4N2O2S. The van der Waals surface area contributed by atoms with Gasteiger partial charge in [-0.3, -0.25) is 9.59 Å². The summed E-state index contributed by atoms with van der Waals surface area (Å²) in [4.78, 5) is 24.4. The summed E-state index contributed by atoms with van der Waals surface area (Å²) in [6.45, 7) is -1.43. The number of hydrogen-bond donors (Lipinski definition) is 2. The maximum absolute atomic E-state index is 12.8. The lowest BCUT2D eigenvalue weighted by Gasteiger charge is -2.10. The highest BCUT2D eigenvalue weighted by Crippen LogP contribution is 2.19. The van der Waals surface area contributed by atoms with Crippen LogP contribution in [0, 0.1) is 5.82 Å². The van der Waals surface area contributed by atoms with Gasteiger partial charge < -0.3 is 10.6 Å². The molecule has 0 bridgehead atoms. The Balaban J connectivity index is 1.89. The van der Waals surface area contributed by atoms with Crippen molar-refractivity contribution in [3.8, 4) is 0 Å². The van der Waals surface area contributed by atoms with E-state index < -0.39 is 18.6 Å². The van der Waals surface area contributed by atoms with Gasteiger partial charge in [0.2, 0.25) is 5.91 Å². The van der Waals surface area contributed by atoms with Crippen LogP contribution in [0.15, 0.2) is 53.4 Å². The molecule has 9 heteroatoms. The largest absolute Gasteiger partial charge is 0.405 e. The standard InChI is InChI=1S/C17H14F4N2O2S/c18-12-4-6-14(7-5-12)26-9-15(24)23-13-3-1-2-11(8-13)16(25)22-10-17(19,20)21/h1-8H,9-10H2,(H,22,25)(H,23,24). The molecule has 0 saturated heterocycles. The van der Waals surface area contributed by atoms with Gasteiger partial charge in [0.1, 0.15) is 12.4 Å². The van der Waals surface area contributed by atoms with Gasteiger partial charge in [-0.05, 0) is 42.5 Å². The SMILES string of the molecule is O=C(CSc1ccc(F)cc1)Nc1cccc(C(=O)NCC(F)(F)F)c1. The van der Waals surface area contributed by atoms with Gasteiger partial charge >= 0.3 is 6.18 Å². The van der Waals surface area contributed by atoms with Gasteiger partial charge in [0.05, 0.1) is 5.75 Å². The van der Waals surface area contributed by atoms with E-state index >= 15 is 0 Å². The van der Waals surface area contributed by atoms with Gasteiger partial charge in [-0.15, -0.1) is 11.8 Å². The van der Waals surface area contributed by atoms with Crippen LogP contribution in [0.25, 0.3) is 0 Å². The molecule has 0 heterocycles. The molecule has 0 aromatic heterocycles.